The van der Waals surface area contributed by atoms with Gasteiger partial charge in [0, 0.05) is 4.88 Å². The number of hydrogen-bond acceptors (Lipinski definition) is 3. The van der Waals surface area contributed by atoms with Gasteiger partial charge in [0.2, 0.25) is 5.91 Å². The monoisotopic (exact) mass is 334 g/mol. The van der Waals surface area contributed by atoms with Gasteiger partial charge in [-0.05, 0) is 29.1 Å². The van der Waals surface area contributed by atoms with Crippen molar-refractivity contribution in [3.63, 3.8) is 0 Å². The van der Waals surface area contributed by atoms with Crippen LogP contribution in [0.5, 0.6) is 0 Å². The molecule has 0 aliphatic carbocycles. The molecule has 0 spiro atoms. The minimum absolute atomic E-state index is 0.105. The van der Waals surface area contributed by atoms with Crippen LogP contribution in [0.15, 0.2) is 72.1 Å². The molecule has 2 aromatic carbocycles. The fourth-order valence-corrected chi connectivity index (χ4v) is 3.81. The second kappa shape index (κ2) is 6.49. The summed E-state index contributed by atoms with van der Waals surface area (Å²) in [4.78, 5) is 15.9. The van der Waals surface area contributed by atoms with Crippen molar-refractivity contribution in [3.05, 3.63) is 82.6 Å². The lowest BCUT2D eigenvalue weighted by molar-refractivity contribution is -0.118. The molecule has 1 amide bonds. The molecule has 2 heterocycles. The summed E-state index contributed by atoms with van der Waals surface area (Å²) >= 11 is 1.63. The summed E-state index contributed by atoms with van der Waals surface area (Å²) in [5.41, 5.74) is 3.17. The molecule has 1 N–H and O–H groups in total. The second-order valence-electron chi connectivity index (χ2n) is 5.89. The van der Waals surface area contributed by atoms with Crippen molar-refractivity contribution in [1.29, 1.82) is 0 Å². The molecule has 1 aliphatic heterocycles. The summed E-state index contributed by atoms with van der Waals surface area (Å²) < 4.78 is 0. The second-order valence-corrected chi connectivity index (χ2v) is 6.92. The minimum atomic E-state index is 0.105. The average Bonchev–Trinajstić information content (AvgIpc) is 3.14. The third kappa shape index (κ3) is 2.93. The van der Waals surface area contributed by atoms with Gasteiger partial charge >= 0.3 is 0 Å². The highest BCUT2D eigenvalue weighted by molar-refractivity contribution is 7.10. The van der Waals surface area contributed by atoms with E-state index in [2.05, 4.69) is 17.4 Å². The highest BCUT2D eigenvalue weighted by Crippen LogP contribution is 2.35. The predicted molar refractivity (Wildman–Crippen MR) is 99.6 cm³/mol. The van der Waals surface area contributed by atoms with Gasteiger partial charge in [-0.1, -0.05) is 48.5 Å². The van der Waals surface area contributed by atoms with Gasteiger partial charge in [-0.2, -0.15) is 0 Å². The van der Waals surface area contributed by atoms with E-state index < -0.39 is 0 Å². The third-order valence-corrected chi connectivity index (χ3v) is 5.17. The molecular weight excluding hydrogens is 316 g/mol. The topological polar surface area (TPSA) is 32.3 Å². The highest BCUT2D eigenvalue weighted by atomic mass is 32.1. The molecule has 1 unspecified atom stereocenters. The molecule has 1 aliphatic rings. The summed E-state index contributed by atoms with van der Waals surface area (Å²) in [5, 5.41) is 5.58. The Morgan fingerprint density at radius 2 is 1.83 bits per heavy atom. The quantitative estimate of drug-likeness (QED) is 0.765. The van der Waals surface area contributed by atoms with E-state index in [0.29, 0.717) is 13.0 Å². The van der Waals surface area contributed by atoms with Crippen LogP contribution in [0.1, 0.15) is 16.5 Å². The lowest BCUT2D eigenvalue weighted by atomic mass is 10.0. The molecule has 1 aromatic heterocycles. The normalized spacial score (nSPS) is 16.3. The first-order valence-corrected chi connectivity index (χ1v) is 8.92. The number of benzene rings is 2. The molecule has 0 bridgehead atoms. The van der Waals surface area contributed by atoms with Gasteiger partial charge in [0.15, 0.2) is 0 Å². The maximum absolute atomic E-state index is 12.9. The van der Waals surface area contributed by atoms with E-state index in [1.165, 1.54) is 5.56 Å². The molecular formula is C20H18N2OS. The van der Waals surface area contributed by atoms with Gasteiger partial charge < -0.3 is 10.2 Å². The van der Waals surface area contributed by atoms with Gasteiger partial charge in [0.25, 0.3) is 0 Å². The molecule has 0 saturated carbocycles. The number of nitrogens with zero attached hydrogens (tertiary/aromatic N) is 1. The zero-order valence-corrected chi connectivity index (χ0v) is 14.0. The number of nitrogens with one attached hydrogen (secondary N) is 1. The van der Waals surface area contributed by atoms with E-state index in [0.717, 1.165) is 16.3 Å². The number of amides is 1. The van der Waals surface area contributed by atoms with E-state index >= 15 is 0 Å². The van der Waals surface area contributed by atoms with Crippen LogP contribution < -0.4 is 10.2 Å². The molecule has 4 heteroatoms. The zero-order valence-electron chi connectivity index (χ0n) is 13.2. The van der Waals surface area contributed by atoms with Gasteiger partial charge in [-0.3, -0.25) is 4.79 Å². The molecule has 120 valence electrons. The van der Waals surface area contributed by atoms with Crippen molar-refractivity contribution >= 4 is 28.6 Å². The number of carbonyl (C=O) groups is 1. The van der Waals surface area contributed by atoms with Crippen LogP contribution >= 0.6 is 11.3 Å². The van der Waals surface area contributed by atoms with Crippen LogP contribution in [0, 0.1) is 0 Å². The summed E-state index contributed by atoms with van der Waals surface area (Å²) in [6.07, 6.45) is 0.452. The number of carbonyl (C=O) groups excluding carboxylic acids is 1. The number of para-hydroxylation sites is 2. The van der Waals surface area contributed by atoms with Crippen LogP contribution in [0.4, 0.5) is 11.4 Å². The van der Waals surface area contributed by atoms with Crippen LogP contribution in [0.3, 0.4) is 0 Å². The SMILES string of the molecule is O=C(Cc1cccs1)N1CC(c2ccccc2)Nc2ccccc21. The van der Waals surface area contributed by atoms with Crippen molar-refractivity contribution in [3.8, 4) is 0 Å². The maximum atomic E-state index is 12.9. The lowest BCUT2D eigenvalue weighted by Gasteiger charge is -2.36. The van der Waals surface area contributed by atoms with E-state index in [4.69, 9.17) is 0 Å². The largest absolute Gasteiger partial charge is 0.375 e. The molecule has 3 aromatic rings. The average molecular weight is 334 g/mol. The van der Waals surface area contributed by atoms with Crippen molar-refractivity contribution in [2.75, 3.05) is 16.8 Å². The molecule has 0 fully saturated rings. The summed E-state index contributed by atoms with van der Waals surface area (Å²) in [5.74, 6) is 0.146. The molecule has 4 rings (SSSR count). The number of hydrogen-bond donors (Lipinski definition) is 1. The number of rotatable bonds is 3. The Morgan fingerprint density at radius 1 is 1.04 bits per heavy atom. The summed E-state index contributed by atoms with van der Waals surface area (Å²) in [7, 11) is 0. The number of thiophene rings is 1. The summed E-state index contributed by atoms with van der Waals surface area (Å²) in [6.45, 7) is 0.644. The fraction of sp³-hybridized carbons (Fsp3) is 0.150. The Hall–Kier alpha value is -2.59. The lowest BCUT2D eigenvalue weighted by Crippen LogP contribution is -2.41. The Labute approximate surface area is 145 Å². The Kier molecular flexibility index (Phi) is 4.05. The van der Waals surface area contributed by atoms with Crippen molar-refractivity contribution in [2.45, 2.75) is 12.5 Å². The maximum Gasteiger partial charge on any atom is 0.232 e. The predicted octanol–water partition coefficient (Wildman–Crippen LogP) is 4.49. The van der Waals surface area contributed by atoms with E-state index in [9.17, 15) is 4.79 Å². The van der Waals surface area contributed by atoms with Gasteiger partial charge in [0.1, 0.15) is 0 Å². The van der Waals surface area contributed by atoms with E-state index in [1.807, 2.05) is 64.9 Å². The first-order chi connectivity index (χ1) is 11.8. The molecule has 1 atom stereocenters. The Bertz CT molecular complexity index is 830. The van der Waals surface area contributed by atoms with E-state index in [-0.39, 0.29) is 11.9 Å². The van der Waals surface area contributed by atoms with Crippen LogP contribution in [-0.2, 0) is 11.2 Å². The van der Waals surface area contributed by atoms with Crippen LogP contribution in [0.25, 0.3) is 0 Å². The standard InChI is InChI=1S/C20H18N2OS/c23-20(13-16-9-6-12-24-16)22-14-18(15-7-2-1-3-8-15)21-17-10-4-5-11-19(17)22/h1-12,18,21H,13-14H2. The molecule has 0 saturated heterocycles. The van der Waals surface area contributed by atoms with Crippen molar-refractivity contribution in [2.24, 2.45) is 0 Å². The van der Waals surface area contributed by atoms with Gasteiger partial charge in [-0.15, -0.1) is 11.3 Å². The van der Waals surface area contributed by atoms with Crippen LogP contribution in [0.2, 0.25) is 0 Å². The van der Waals surface area contributed by atoms with Crippen molar-refractivity contribution in [1.82, 2.24) is 0 Å². The van der Waals surface area contributed by atoms with Crippen molar-refractivity contribution < 1.29 is 4.79 Å². The molecule has 24 heavy (non-hydrogen) atoms. The first kappa shape index (κ1) is 15.0. The van der Waals surface area contributed by atoms with Gasteiger partial charge in [-0.25, -0.2) is 0 Å². The summed E-state index contributed by atoms with van der Waals surface area (Å²) in [6, 6.07) is 22.4. The minimum Gasteiger partial charge on any atom is -0.375 e. The van der Waals surface area contributed by atoms with E-state index in [1.54, 1.807) is 11.3 Å². The third-order valence-electron chi connectivity index (χ3n) is 4.30. The smallest absolute Gasteiger partial charge is 0.232 e. The zero-order chi connectivity index (χ0) is 16.4. The Balaban J connectivity index is 1.65. The van der Waals surface area contributed by atoms with Gasteiger partial charge in [0.05, 0.1) is 30.4 Å². The highest BCUT2D eigenvalue weighted by Gasteiger charge is 2.28. The first-order valence-electron chi connectivity index (χ1n) is 8.04. The van der Waals surface area contributed by atoms with Crippen LogP contribution in [-0.4, -0.2) is 12.5 Å². The number of fused-ring (bicyclic) bond motifs is 1. The molecule has 3 nitrogen and oxygen atoms in total. The number of anilines is 2. The fourth-order valence-electron chi connectivity index (χ4n) is 3.11. The molecule has 0 radical (unpaired) electrons. The Morgan fingerprint density at radius 3 is 2.62 bits per heavy atom.